The molecular formula is C10H19O2. The number of carbonyl (C=O) groups excluding carboxylic acids is 1. The van der Waals surface area contributed by atoms with Crippen molar-refractivity contribution in [2.75, 3.05) is 0 Å². The zero-order valence-electron chi connectivity index (χ0n) is 8.46. The molecule has 0 spiro atoms. The Morgan fingerprint density at radius 2 is 2.08 bits per heavy atom. The molecule has 12 heavy (non-hydrogen) atoms. The summed E-state index contributed by atoms with van der Waals surface area (Å²) < 4.78 is 5.12. The number of ether oxygens (including phenoxy) is 1. The van der Waals surface area contributed by atoms with Crippen LogP contribution in [0.5, 0.6) is 0 Å². The van der Waals surface area contributed by atoms with E-state index in [1.54, 1.807) is 0 Å². The van der Waals surface area contributed by atoms with Gasteiger partial charge in [-0.15, -0.1) is 0 Å². The Morgan fingerprint density at radius 3 is 2.50 bits per heavy atom. The van der Waals surface area contributed by atoms with Gasteiger partial charge in [-0.2, -0.15) is 0 Å². The average Bonchev–Trinajstić information content (AvgIpc) is 2.04. The van der Waals surface area contributed by atoms with E-state index in [9.17, 15) is 4.79 Å². The fourth-order valence-electron chi connectivity index (χ4n) is 0.918. The van der Waals surface area contributed by atoms with Crippen LogP contribution in [0.15, 0.2) is 0 Å². The second kappa shape index (κ2) is 6.04. The lowest BCUT2D eigenvalue weighted by Gasteiger charge is -2.14. The summed E-state index contributed by atoms with van der Waals surface area (Å²) in [6.45, 7) is 7.74. The molecule has 0 bridgehead atoms. The Balaban J connectivity index is 3.70. The zero-order valence-corrected chi connectivity index (χ0v) is 8.46. The maximum Gasteiger partial charge on any atom is 0.308 e. The summed E-state index contributed by atoms with van der Waals surface area (Å²) in [7, 11) is 0. The van der Waals surface area contributed by atoms with Crippen LogP contribution in [-0.2, 0) is 9.53 Å². The smallest absolute Gasteiger partial charge is 0.308 e. The molecule has 2 heteroatoms. The van der Waals surface area contributed by atoms with Crippen LogP contribution < -0.4 is 0 Å². The lowest BCUT2D eigenvalue weighted by Crippen LogP contribution is -2.20. The first-order valence-corrected chi connectivity index (χ1v) is 4.61. The molecule has 0 fully saturated rings. The molecule has 0 heterocycles. The van der Waals surface area contributed by atoms with E-state index in [4.69, 9.17) is 4.74 Å². The molecule has 0 unspecified atom stereocenters. The van der Waals surface area contributed by atoms with E-state index in [-0.39, 0.29) is 18.0 Å². The lowest BCUT2D eigenvalue weighted by atomic mass is 10.1. The van der Waals surface area contributed by atoms with E-state index < -0.39 is 0 Å². The van der Waals surface area contributed by atoms with E-state index in [1.165, 1.54) is 0 Å². The van der Waals surface area contributed by atoms with Crippen molar-refractivity contribution in [2.45, 2.75) is 46.6 Å². The predicted molar refractivity (Wildman–Crippen MR) is 49.6 cm³/mol. The maximum absolute atomic E-state index is 11.3. The fourth-order valence-corrected chi connectivity index (χ4v) is 0.918. The Hall–Kier alpha value is -0.530. The molecule has 0 amide bonds. The van der Waals surface area contributed by atoms with Gasteiger partial charge in [0.15, 0.2) is 0 Å². The molecular weight excluding hydrogens is 152 g/mol. The quantitative estimate of drug-likeness (QED) is 0.594. The third-order valence-electron chi connectivity index (χ3n) is 1.90. The number of carbonyl (C=O) groups is 1. The number of esters is 1. The van der Waals surface area contributed by atoms with Gasteiger partial charge in [0, 0.05) is 0 Å². The Kier molecular flexibility index (Phi) is 5.77. The van der Waals surface area contributed by atoms with E-state index in [2.05, 4.69) is 6.92 Å². The molecule has 0 aromatic rings. The van der Waals surface area contributed by atoms with Crippen molar-refractivity contribution in [1.82, 2.24) is 0 Å². The van der Waals surface area contributed by atoms with Crippen molar-refractivity contribution in [1.29, 1.82) is 0 Å². The summed E-state index contributed by atoms with van der Waals surface area (Å²) in [5, 5.41) is 0. The van der Waals surface area contributed by atoms with Crippen LogP contribution in [0.2, 0.25) is 0 Å². The van der Waals surface area contributed by atoms with Crippen molar-refractivity contribution in [2.24, 2.45) is 5.92 Å². The lowest BCUT2D eigenvalue weighted by molar-refractivity contribution is -0.151. The first-order valence-electron chi connectivity index (χ1n) is 4.61. The van der Waals surface area contributed by atoms with Crippen molar-refractivity contribution in [3.63, 3.8) is 0 Å². The maximum atomic E-state index is 11.3. The molecule has 1 radical (unpaired) electrons. The predicted octanol–water partition coefficient (Wildman–Crippen LogP) is 2.58. The summed E-state index contributed by atoms with van der Waals surface area (Å²) in [6.07, 6.45) is 3.75. The molecule has 0 aliphatic rings. The molecule has 0 N–H and O–H groups in total. The van der Waals surface area contributed by atoms with Crippen LogP contribution in [0, 0.1) is 12.3 Å². The van der Waals surface area contributed by atoms with Crippen molar-refractivity contribution >= 4 is 5.97 Å². The van der Waals surface area contributed by atoms with Gasteiger partial charge in [0.05, 0.1) is 5.92 Å². The minimum absolute atomic E-state index is 0.0393. The number of hydrogen-bond donors (Lipinski definition) is 0. The topological polar surface area (TPSA) is 26.3 Å². The molecule has 2 nitrogen and oxygen atoms in total. The van der Waals surface area contributed by atoms with E-state index >= 15 is 0 Å². The molecule has 0 saturated carbocycles. The van der Waals surface area contributed by atoms with Gasteiger partial charge in [0.2, 0.25) is 0 Å². The first kappa shape index (κ1) is 11.5. The van der Waals surface area contributed by atoms with Gasteiger partial charge < -0.3 is 4.74 Å². The van der Waals surface area contributed by atoms with Crippen molar-refractivity contribution in [3.8, 4) is 0 Å². The first-order chi connectivity index (χ1) is 5.61. The molecule has 0 aliphatic carbocycles. The van der Waals surface area contributed by atoms with Gasteiger partial charge in [0.1, 0.15) is 6.10 Å². The molecule has 0 aromatic heterocycles. The van der Waals surface area contributed by atoms with E-state index in [0.29, 0.717) is 0 Å². The third-order valence-corrected chi connectivity index (χ3v) is 1.90. The third kappa shape index (κ3) is 4.37. The van der Waals surface area contributed by atoms with Crippen LogP contribution in [-0.4, -0.2) is 12.1 Å². The standard InChI is InChI=1S/C10H19O2/c1-5-7-8(3)10(11)12-9(4)6-2/h6,8-9H,5,7H2,1-4H3/t8-,9-/m1/s1. The second-order valence-corrected chi connectivity index (χ2v) is 3.17. The minimum Gasteiger partial charge on any atom is -0.462 e. The number of rotatable bonds is 5. The summed E-state index contributed by atoms with van der Waals surface area (Å²) in [5.41, 5.74) is 0. The van der Waals surface area contributed by atoms with Gasteiger partial charge in [-0.3, -0.25) is 4.79 Å². The van der Waals surface area contributed by atoms with Crippen LogP contribution in [0.3, 0.4) is 0 Å². The highest BCUT2D eigenvalue weighted by Crippen LogP contribution is 2.09. The molecule has 71 valence electrons. The molecule has 0 aromatic carbocycles. The monoisotopic (exact) mass is 171 g/mol. The van der Waals surface area contributed by atoms with Crippen LogP contribution in [0.25, 0.3) is 0 Å². The largest absolute Gasteiger partial charge is 0.462 e. The Labute approximate surface area is 75.3 Å². The van der Waals surface area contributed by atoms with Crippen molar-refractivity contribution in [3.05, 3.63) is 6.42 Å². The van der Waals surface area contributed by atoms with Crippen LogP contribution in [0.1, 0.15) is 40.5 Å². The molecule has 0 rings (SSSR count). The summed E-state index contributed by atoms with van der Waals surface area (Å²) in [6, 6.07) is 0. The van der Waals surface area contributed by atoms with E-state index in [1.807, 2.05) is 27.2 Å². The van der Waals surface area contributed by atoms with Crippen molar-refractivity contribution < 1.29 is 9.53 Å². The van der Waals surface area contributed by atoms with Crippen LogP contribution in [0.4, 0.5) is 0 Å². The minimum atomic E-state index is -0.0811. The van der Waals surface area contributed by atoms with Crippen LogP contribution >= 0.6 is 0 Å². The highest BCUT2D eigenvalue weighted by atomic mass is 16.5. The molecule has 0 saturated heterocycles. The molecule has 2 atom stereocenters. The average molecular weight is 171 g/mol. The summed E-state index contributed by atoms with van der Waals surface area (Å²) in [4.78, 5) is 11.3. The molecule has 0 aliphatic heterocycles. The number of hydrogen-bond acceptors (Lipinski definition) is 2. The normalized spacial score (nSPS) is 15.3. The Bertz CT molecular complexity index is 132. The van der Waals surface area contributed by atoms with Gasteiger partial charge in [-0.25, -0.2) is 0 Å². The van der Waals surface area contributed by atoms with Gasteiger partial charge in [0.25, 0.3) is 0 Å². The SMILES string of the molecule is C[CH][C@@H](C)OC(=O)[C@H](C)CCC. The zero-order chi connectivity index (χ0) is 9.56. The van der Waals surface area contributed by atoms with Gasteiger partial charge >= 0.3 is 5.97 Å². The second-order valence-electron chi connectivity index (χ2n) is 3.17. The fraction of sp³-hybridized carbons (Fsp3) is 0.800. The summed E-state index contributed by atoms with van der Waals surface area (Å²) >= 11 is 0. The van der Waals surface area contributed by atoms with Gasteiger partial charge in [-0.05, 0) is 19.8 Å². The highest BCUT2D eigenvalue weighted by molar-refractivity contribution is 5.72. The Morgan fingerprint density at radius 1 is 1.50 bits per heavy atom. The summed E-state index contributed by atoms with van der Waals surface area (Å²) in [5.74, 6) is -0.0418. The van der Waals surface area contributed by atoms with E-state index in [0.717, 1.165) is 12.8 Å². The highest BCUT2D eigenvalue weighted by Gasteiger charge is 2.15. The van der Waals surface area contributed by atoms with Gasteiger partial charge in [-0.1, -0.05) is 27.2 Å².